The number of anilines is 2. The highest BCUT2D eigenvalue weighted by Gasteiger charge is 2.61. The Labute approximate surface area is 221 Å². The number of rotatable bonds is 3. The van der Waals surface area contributed by atoms with Gasteiger partial charge in [-0.3, -0.25) is 14.4 Å². The van der Waals surface area contributed by atoms with Crippen molar-refractivity contribution in [1.29, 1.82) is 0 Å². The van der Waals surface area contributed by atoms with Crippen LogP contribution in [0, 0.1) is 25.7 Å². The largest absolute Gasteiger partial charge is 0.322 e. The molecule has 1 aliphatic heterocycles. The highest BCUT2D eigenvalue weighted by Crippen LogP contribution is 2.61. The first kappa shape index (κ1) is 22.7. The first-order valence-corrected chi connectivity index (χ1v) is 13.0. The number of aryl methyl sites for hydroxylation is 2. The normalized spacial score (nSPS) is 22.6. The summed E-state index contributed by atoms with van der Waals surface area (Å²) in [6.07, 6.45) is 0. The van der Waals surface area contributed by atoms with Crippen LogP contribution in [0.1, 0.15) is 55.6 Å². The number of nitrogens with zero attached hydrogens (tertiary/aromatic N) is 1. The van der Waals surface area contributed by atoms with Crippen LogP contribution in [0.2, 0.25) is 0 Å². The highest BCUT2D eigenvalue weighted by atomic mass is 16.2. The summed E-state index contributed by atoms with van der Waals surface area (Å²) in [6, 6.07) is 29.0. The quantitative estimate of drug-likeness (QED) is 0.355. The molecular weight excluding hydrogens is 472 g/mol. The van der Waals surface area contributed by atoms with Crippen molar-refractivity contribution >= 4 is 29.1 Å². The zero-order valence-corrected chi connectivity index (χ0v) is 21.1. The maximum absolute atomic E-state index is 13.9. The average molecular weight is 499 g/mol. The third-order valence-corrected chi connectivity index (χ3v) is 8.60. The molecule has 2 atom stereocenters. The molecule has 0 saturated carbocycles. The molecule has 1 saturated heterocycles. The lowest BCUT2D eigenvalue weighted by atomic mass is 9.55. The van der Waals surface area contributed by atoms with E-state index >= 15 is 0 Å². The minimum atomic E-state index is -0.426. The van der Waals surface area contributed by atoms with Gasteiger partial charge in [0.2, 0.25) is 11.8 Å². The van der Waals surface area contributed by atoms with Gasteiger partial charge in [0.05, 0.1) is 17.5 Å². The van der Waals surface area contributed by atoms with E-state index in [1.807, 2.05) is 56.3 Å². The molecule has 5 nitrogen and oxygen atoms in total. The van der Waals surface area contributed by atoms with Crippen molar-refractivity contribution in [3.63, 3.8) is 0 Å². The molecule has 1 N–H and O–H groups in total. The molecule has 1 heterocycles. The second kappa shape index (κ2) is 8.25. The van der Waals surface area contributed by atoms with Crippen LogP contribution in [0.5, 0.6) is 0 Å². The van der Waals surface area contributed by atoms with E-state index in [9.17, 15) is 14.4 Å². The Hall–Kier alpha value is -4.51. The Balaban J connectivity index is 1.20. The van der Waals surface area contributed by atoms with Gasteiger partial charge in [0, 0.05) is 23.1 Å². The molecule has 5 heteroatoms. The predicted molar refractivity (Wildman–Crippen MR) is 146 cm³/mol. The minimum Gasteiger partial charge on any atom is -0.322 e. The van der Waals surface area contributed by atoms with Crippen LogP contribution in [-0.2, 0) is 9.59 Å². The minimum absolute atomic E-state index is 0.137. The fourth-order valence-electron chi connectivity index (χ4n) is 6.72. The zero-order chi connectivity index (χ0) is 26.1. The average Bonchev–Trinajstić information content (AvgIpc) is 3.21. The van der Waals surface area contributed by atoms with Crippen LogP contribution in [-0.4, -0.2) is 17.7 Å². The second-order valence-electron chi connectivity index (χ2n) is 10.6. The molecule has 8 rings (SSSR count). The van der Waals surface area contributed by atoms with Gasteiger partial charge in [-0.15, -0.1) is 0 Å². The Morgan fingerprint density at radius 1 is 0.658 bits per heavy atom. The second-order valence-corrected chi connectivity index (χ2v) is 10.6. The zero-order valence-electron chi connectivity index (χ0n) is 21.1. The van der Waals surface area contributed by atoms with Crippen molar-refractivity contribution < 1.29 is 14.4 Å². The van der Waals surface area contributed by atoms with E-state index < -0.39 is 11.8 Å². The lowest BCUT2D eigenvalue weighted by Crippen LogP contribution is -2.41. The number of hydrogen-bond acceptors (Lipinski definition) is 3. The summed E-state index contributed by atoms with van der Waals surface area (Å²) in [5, 5.41) is 2.93. The maximum atomic E-state index is 13.9. The molecule has 3 amide bonds. The number of imide groups is 1. The summed E-state index contributed by atoms with van der Waals surface area (Å²) in [6.45, 7) is 4.03. The third-order valence-electron chi connectivity index (χ3n) is 8.60. The molecule has 3 aliphatic carbocycles. The fraction of sp³-hybridized carbons (Fsp3) is 0.182. The molecule has 1 fully saturated rings. The van der Waals surface area contributed by atoms with Gasteiger partial charge in [-0.1, -0.05) is 54.6 Å². The lowest BCUT2D eigenvalue weighted by Gasteiger charge is -2.45. The summed E-state index contributed by atoms with van der Waals surface area (Å²) in [4.78, 5) is 42.0. The van der Waals surface area contributed by atoms with Crippen molar-refractivity contribution in [1.82, 2.24) is 0 Å². The van der Waals surface area contributed by atoms with Crippen molar-refractivity contribution in [2.24, 2.45) is 11.8 Å². The predicted octanol–water partition coefficient (Wildman–Crippen LogP) is 5.95. The maximum Gasteiger partial charge on any atom is 0.255 e. The number of nitrogens with one attached hydrogen (secondary N) is 1. The standard InChI is InChI=1S/C33H26N2O3/c1-18-11-14-21(17-19(18)2)34-31(36)20-12-15-22(16-13-20)35-32(37)29-27-23-7-3-4-8-24(23)28(30(29)33(35)38)26-10-6-5-9-25(26)27/h3-17,27-30H,1-2H3,(H,34,36)/t27?,28?,29-,30+. The molecular formula is C33H26N2O3. The van der Waals surface area contributed by atoms with Crippen molar-refractivity contribution in [3.05, 3.63) is 130 Å². The molecule has 0 unspecified atom stereocenters. The Morgan fingerprint density at radius 2 is 1.16 bits per heavy atom. The van der Waals surface area contributed by atoms with Crippen molar-refractivity contribution in [3.8, 4) is 0 Å². The molecule has 0 aromatic heterocycles. The number of amides is 3. The first-order valence-electron chi connectivity index (χ1n) is 13.0. The van der Waals surface area contributed by atoms with Gasteiger partial charge >= 0.3 is 0 Å². The molecule has 4 aliphatic rings. The fourth-order valence-corrected chi connectivity index (χ4v) is 6.72. The Morgan fingerprint density at radius 3 is 1.63 bits per heavy atom. The van der Waals surface area contributed by atoms with Crippen molar-refractivity contribution in [2.75, 3.05) is 10.2 Å². The number of benzene rings is 4. The van der Waals surface area contributed by atoms with Gasteiger partial charge in [-0.2, -0.15) is 0 Å². The molecule has 38 heavy (non-hydrogen) atoms. The van der Waals surface area contributed by atoms with Gasteiger partial charge in [-0.05, 0) is 83.6 Å². The number of carbonyl (C=O) groups excluding carboxylic acids is 3. The molecule has 186 valence electrons. The van der Waals surface area contributed by atoms with Crippen LogP contribution in [0.25, 0.3) is 0 Å². The van der Waals surface area contributed by atoms with E-state index in [0.717, 1.165) is 39.1 Å². The van der Waals surface area contributed by atoms with E-state index in [0.29, 0.717) is 11.3 Å². The third kappa shape index (κ3) is 3.14. The molecule has 0 radical (unpaired) electrons. The summed E-state index contributed by atoms with van der Waals surface area (Å²) in [5.74, 6) is -1.69. The number of hydrogen-bond donors (Lipinski definition) is 1. The SMILES string of the molecule is Cc1ccc(NC(=O)c2ccc(N3C(=O)[C@@H]4C5c6ccccc6C(c6ccccc65)[C@@H]4C3=O)cc2)cc1C. The van der Waals surface area contributed by atoms with Crippen LogP contribution >= 0.6 is 0 Å². The van der Waals surface area contributed by atoms with E-state index in [-0.39, 0.29) is 29.6 Å². The number of carbonyl (C=O) groups is 3. The van der Waals surface area contributed by atoms with Gasteiger partial charge in [0.15, 0.2) is 0 Å². The van der Waals surface area contributed by atoms with E-state index in [4.69, 9.17) is 0 Å². The molecule has 2 bridgehead atoms. The summed E-state index contributed by atoms with van der Waals surface area (Å²) >= 11 is 0. The van der Waals surface area contributed by atoms with E-state index in [1.54, 1.807) is 24.3 Å². The van der Waals surface area contributed by atoms with Gasteiger partial charge in [0.1, 0.15) is 0 Å². The summed E-state index contributed by atoms with van der Waals surface area (Å²) in [5.41, 5.74) is 8.56. The molecule has 0 spiro atoms. The smallest absolute Gasteiger partial charge is 0.255 e. The van der Waals surface area contributed by atoms with Gasteiger partial charge < -0.3 is 5.32 Å². The highest BCUT2D eigenvalue weighted by molar-refractivity contribution is 6.23. The van der Waals surface area contributed by atoms with Gasteiger partial charge in [0.25, 0.3) is 5.91 Å². The van der Waals surface area contributed by atoms with Crippen LogP contribution in [0.15, 0.2) is 91.0 Å². The van der Waals surface area contributed by atoms with E-state index in [2.05, 4.69) is 29.6 Å². The van der Waals surface area contributed by atoms with Gasteiger partial charge in [-0.25, -0.2) is 4.90 Å². The Kier molecular flexibility index (Phi) is 4.92. The Bertz CT molecular complexity index is 1540. The van der Waals surface area contributed by atoms with Crippen LogP contribution in [0.4, 0.5) is 11.4 Å². The van der Waals surface area contributed by atoms with Crippen LogP contribution < -0.4 is 10.2 Å². The topological polar surface area (TPSA) is 66.5 Å². The lowest BCUT2D eigenvalue weighted by molar-refractivity contribution is -0.122. The summed E-state index contributed by atoms with van der Waals surface area (Å²) in [7, 11) is 0. The molecule has 4 aromatic carbocycles. The van der Waals surface area contributed by atoms with Crippen LogP contribution in [0.3, 0.4) is 0 Å². The first-order chi connectivity index (χ1) is 18.4. The summed E-state index contributed by atoms with van der Waals surface area (Å²) < 4.78 is 0. The van der Waals surface area contributed by atoms with Crippen molar-refractivity contribution in [2.45, 2.75) is 25.7 Å². The molecule has 4 aromatic rings. The van der Waals surface area contributed by atoms with E-state index in [1.165, 1.54) is 4.90 Å². The monoisotopic (exact) mass is 498 g/mol.